The van der Waals surface area contributed by atoms with Crippen molar-refractivity contribution >= 4 is 11.7 Å². The summed E-state index contributed by atoms with van der Waals surface area (Å²) in [5.41, 5.74) is 1.19. The Morgan fingerprint density at radius 3 is 2.76 bits per heavy atom. The molecule has 6 heteroatoms. The molecule has 1 aliphatic rings. The summed E-state index contributed by atoms with van der Waals surface area (Å²) in [5, 5.41) is 0. The van der Waals surface area contributed by atoms with Gasteiger partial charge in [-0.15, -0.1) is 0 Å². The van der Waals surface area contributed by atoms with E-state index in [1.165, 1.54) is 6.07 Å². The van der Waals surface area contributed by atoms with E-state index < -0.39 is 0 Å². The van der Waals surface area contributed by atoms with Gasteiger partial charge in [-0.05, 0) is 42.9 Å². The van der Waals surface area contributed by atoms with E-state index in [1.54, 1.807) is 28.9 Å². The summed E-state index contributed by atoms with van der Waals surface area (Å²) in [7, 11) is 0. The molecule has 3 aromatic rings. The Bertz CT molecular complexity index is 866. The number of rotatable bonds is 3. The number of hydrogen-bond donors (Lipinski definition) is 0. The number of amides is 1. The molecular weight excluding hydrogens is 319 g/mol. The number of aromatic nitrogens is 3. The van der Waals surface area contributed by atoms with Gasteiger partial charge in [-0.25, -0.2) is 14.4 Å². The lowest BCUT2D eigenvalue weighted by molar-refractivity contribution is 0.0685. The second kappa shape index (κ2) is 6.63. The van der Waals surface area contributed by atoms with Gasteiger partial charge in [0.25, 0.3) is 5.91 Å². The van der Waals surface area contributed by atoms with E-state index in [2.05, 4.69) is 9.97 Å². The van der Waals surface area contributed by atoms with Gasteiger partial charge in [0.05, 0.1) is 0 Å². The first kappa shape index (κ1) is 15.7. The standard InChI is InChI=1S/C19H19FN4O/c20-16-5-2-1-4-15(16)12-14-6-10-23(11-7-14)18(25)17-13-24-9-3-8-21-19(24)22-17/h1-5,8-9,13-14H,6-7,10-12H2. The van der Waals surface area contributed by atoms with E-state index in [9.17, 15) is 9.18 Å². The van der Waals surface area contributed by atoms with Crippen molar-refractivity contribution in [3.63, 3.8) is 0 Å². The molecule has 1 amide bonds. The van der Waals surface area contributed by atoms with Crippen molar-refractivity contribution in [1.82, 2.24) is 19.3 Å². The third-order valence-corrected chi connectivity index (χ3v) is 4.82. The summed E-state index contributed by atoms with van der Waals surface area (Å²) in [6, 6.07) is 8.73. The summed E-state index contributed by atoms with van der Waals surface area (Å²) < 4.78 is 15.5. The van der Waals surface area contributed by atoms with Crippen molar-refractivity contribution in [2.75, 3.05) is 13.1 Å². The predicted molar refractivity (Wildman–Crippen MR) is 91.7 cm³/mol. The molecule has 2 aromatic heterocycles. The summed E-state index contributed by atoms with van der Waals surface area (Å²) in [6.07, 6.45) is 7.69. The van der Waals surface area contributed by atoms with Gasteiger partial charge in [0.1, 0.15) is 11.5 Å². The molecule has 0 radical (unpaired) electrons. The van der Waals surface area contributed by atoms with Gasteiger partial charge in [0.2, 0.25) is 5.78 Å². The maximum absolute atomic E-state index is 13.8. The second-order valence-corrected chi connectivity index (χ2v) is 6.48. The van der Waals surface area contributed by atoms with Gasteiger partial charge in [0, 0.05) is 31.7 Å². The Kier molecular flexibility index (Phi) is 4.17. The Morgan fingerprint density at radius 1 is 1.20 bits per heavy atom. The largest absolute Gasteiger partial charge is 0.337 e. The first-order valence-corrected chi connectivity index (χ1v) is 8.53. The molecule has 1 aromatic carbocycles. The van der Waals surface area contributed by atoms with Gasteiger partial charge < -0.3 is 4.90 Å². The van der Waals surface area contributed by atoms with E-state index in [-0.39, 0.29) is 11.7 Å². The van der Waals surface area contributed by atoms with Crippen molar-refractivity contribution in [2.45, 2.75) is 19.3 Å². The van der Waals surface area contributed by atoms with E-state index in [0.29, 0.717) is 30.5 Å². The minimum atomic E-state index is -0.141. The Labute approximate surface area is 145 Å². The maximum Gasteiger partial charge on any atom is 0.274 e. The highest BCUT2D eigenvalue weighted by Gasteiger charge is 2.25. The smallest absolute Gasteiger partial charge is 0.274 e. The highest BCUT2D eigenvalue weighted by molar-refractivity contribution is 5.92. The molecule has 25 heavy (non-hydrogen) atoms. The molecule has 1 aliphatic heterocycles. The molecule has 4 rings (SSSR count). The summed E-state index contributed by atoms with van der Waals surface area (Å²) in [6.45, 7) is 1.36. The number of halogens is 1. The third-order valence-electron chi connectivity index (χ3n) is 4.82. The van der Waals surface area contributed by atoms with Gasteiger partial charge in [-0.1, -0.05) is 18.2 Å². The number of carbonyl (C=O) groups is 1. The number of nitrogens with zero attached hydrogens (tertiary/aromatic N) is 4. The number of hydrogen-bond acceptors (Lipinski definition) is 3. The lowest BCUT2D eigenvalue weighted by atomic mass is 9.90. The van der Waals surface area contributed by atoms with Crippen LogP contribution in [0.4, 0.5) is 4.39 Å². The van der Waals surface area contributed by atoms with Crippen LogP contribution >= 0.6 is 0 Å². The van der Waals surface area contributed by atoms with Crippen LogP contribution in [-0.2, 0) is 6.42 Å². The van der Waals surface area contributed by atoms with Crippen LogP contribution in [0.3, 0.4) is 0 Å². The monoisotopic (exact) mass is 338 g/mol. The molecular formula is C19H19FN4O. The van der Waals surface area contributed by atoms with E-state index in [1.807, 2.05) is 23.2 Å². The average molecular weight is 338 g/mol. The molecule has 0 atom stereocenters. The zero-order valence-electron chi connectivity index (χ0n) is 13.8. The molecule has 0 saturated carbocycles. The fourth-order valence-corrected chi connectivity index (χ4v) is 3.41. The fourth-order valence-electron chi connectivity index (χ4n) is 3.41. The van der Waals surface area contributed by atoms with Crippen molar-refractivity contribution in [1.29, 1.82) is 0 Å². The maximum atomic E-state index is 13.8. The zero-order chi connectivity index (χ0) is 17.2. The number of piperidine rings is 1. The molecule has 0 unspecified atom stereocenters. The van der Waals surface area contributed by atoms with Crippen LogP contribution in [0.1, 0.15) is 28.9 Å². The van der Waals surface area contributed by atoms with Crippen molar-refractivity contribution in [3.8, 4) is 0 Å². The van der Waals surface area contributed by atoms with Crippen LogP contribution in [0, 0.1) is 11.7 Å². The molecule has 0 N–H and O–H groups in total. The van der Waals surface area contributed by atoms with Crippen LogP contribution in [0.2, 0.25) is 0 Å². The predicted octanol–water partition coefficient (Wildman–Crippen LogP) is 2.96. The van der Waals surface area contributed by atoms with Crippen LogP contribution in [0.15, 0.2) is 48.9 Å². The minimum absolute atomic E-state index is 0.0603. The molecule has 0 aliphatic carbocycles. The quantitative estimate of drug-likeness (QED) is 0.738. The summed E-state index contributed by atoms with van der Waals surface area (Å²) in [5.74, 6) is 0.733. The van der Waals surface area contributed by atoms with Crippen LogP contribution in [0.5, 0.6) is 0 Å². The Balaban J connectivity index is 1.39. The summed E-state index contributed by atoms with van der Waals surface area (Å²) in [4.78, 5) is 22.9. The fraction of sp³-hybridized carbons (Fsp3) is 0.316. The molecule has 0 bridgehead atoms. The number of likely N-dealkylation sites (tertiary alicyclic amines) is 1. The second-order valence-electron chi connectivity index (χ2n) is 6.48. The molecule has 1 saturated heterocycles. The first-order valence-electron chi connectivity index (χ1n) is 8.53. The van der Waals surface area contributed by atoms with E-state index in [0.717, 1.165) is 24.8 Å². The van der Waals surface area contributed by atoms with Crippen molar-refractivity contribution in [3.05, 3.63) is 66.0 Å². The van der Waals surface area contributed by atoms with Crippen LogP contribution in [0.25, 0.3) is 5.78 Å². The number of imidazole rings is 1. The highest BCUT2D eigenvalue weighted by Crippen LogP contribution is 2.24. The van der Waals surface area contributed by atoms with Crippen molar-refractivity contribution < 1.29 is 9.18 Å². The van der Waals surface area contributed by atoms with Gasteiger partial charge in [-0.2, -0.15) is 0 Å². The average Bonchev–Trinajstić information content (AvgIpc) is 3.08. The lowest BCUT2D eigenvalue weighted by Crippen LogP contribution is -2.39. The summed E-state index contributed by atoms with van der Waals surface area (Å²) >= 11 is 0. The number of carbonyl (C=O) groups excluding carboxylic acids is 1. The molecule has 0 spiro atoms. The normalized spacial score (nSPS) is 15.6. The SMILES string of the molecule is O=C(c1cn2cccnc2n1)N1CCC(Cc2ccccc2F)CC1. The first-order chi connectivity index (χ1) is 12.2. The Morgan fingerprint density at radius 2 is 2.00 bits per heavy atom. The van der Waals surface area contributed by atoms with Gasteiger partial charge in [-0.3, -0.25) is 9.20 Å². The topological polar surface area (TPSA) is 50.5 Å². The van der Waals surface area contributed by atoms with E-state index in [4.69, 9.17) is 0 Å². The van der Waals surface area contributed by atoms with E-state index >= 15 is 0 Å². The number of benzene rings is 1. The van der Waals surface area contributed by atoms with Crippen LogP contribution < -0.4 is 0 Å². The third kappa shape index (κ3) is 3.24. The van der Waals surface area contributed by atoms with Gasteiger partial charge in [0.15, 0.2) is 0 Å². The zero-order valence-corrected chi connectivity index (χ0v) is 13.8. The Hall–Kier alpha value is -2.76. The molecule has 5 nitrogen and oxygen atoms in total. The molecule has 1 fully saturated rings. The molecule has 3 heterocycles. The number of fused-ring (bicyclic) bond motifs is 1. The molecule has 128 valence electrons. The van der Waals surface area contributed by atoms with Crippen LogP contribution in [-0.4, -0.2) is 38.3 Å². The minimum Gasteiger partial charge on any atom is -0.337 e. The lowest BCUT2D eigenvalue weighted by Gasteiger charge is -2.31. The van der Waals surface area contributed by atoms with Gasteiger partial charge >= 0.3 is 0 Å². The highest BCUT2D eigenvalue weighted by atomic mass is 19.1. The van der Waals surface area contributed by atoms with Crippen molar-refractivity contribution in [2.24, 2.45) is 5.92 Å².